The van der Waals surface area contributed by atoms with Crippen molar-refractivity contribution in [1.29, 1.82) is 0 Å². The Labute approximate surface area is 163 Å². The lowest BCUT2D eigenvalue weighted by molar-refractivity contribution is -0.127. The van der Waals surface area contributed by atoms with Crippen LogP contribution >= 0.6 is 0 Å². The normalized spacial score (nSPS) is 12.3. The molecule has 0 aliphatic heterocycles. The molecule has 0 bridgehead atoms. The number of H-pyrrole nitrogens is 1. The van der Waals surface area contributed by atoms with Crippen LogP contribution in [0.5, 0.6) is 5.75 Å². The molecule has 1 amide bonds. The molecule has 154 valence electrons. The summed E-state index contributed by atoms with van der Waals surface area (Å²) >= 11 is 0. The summed E-state index contributed by atoms with van der Waals surface area (Å²) in [6, 6.07) is 4.15. The van der Waals surface area contributed by atoms with Gasteiger partial charge in [0.15, 0.2) is 5.96 Å². The Balaban J connectivity index is 1.91. The SMILES string of the molecule is CN=C(N)NC(=O)c1cc2c(CC(F)(F)F)ccc(OCCn3ccnc3)c2[nH]1. The molecule has 1 aromatic carbocycles. The molecule has 8 nitrogen and oxygen atoms in total. The zero-order chi connectivity index (χ0) is 21.0. The van der Waals surface area contributed by atoms with E-state index in [0.717, 1.165) is 0 Å². The second kappa shape index (κ2) is 8.25. The molecule has 0 fully saturated rings. The summed E-state index contributed by atoms with van der Waals surface area (Å²) in [6.07, 6.45) is -0.498. The van der Waals surface area contributed by atoms with E-state index in [1.165, 1.54) is 25.2 Å². The number of hydrogen-bond donors (Lipinski definition) is 3. The highest BCUT2D eigenvalue weighted by Gasteiger charge is 2.29. The van der Waals surface area contributed by atoms with Gasteiger partial charge in [-0.05, 0) is 17.7 Å². The summed E-state index contributed by atoms with van der Waals surface area (Å²) in [5, 5.41) is 2.59. The van der Waals surface area contributed by atoms with Crippen LogP contribution in [-0.4, -0.2) is 46.2 Å². The fourth-order valence-electron chi connectivity index (χ4n) is 2.78. The molecule has 11 heteroatoms. The molecule has 2 aromatic heterocycles. The van der Waals surface area contributed by atoms with Crippen molar-refractivity contribution in [3.63, 3.8) is 0 Å². The number of nitrogens with one attached hydrogen (secondary N) is 2. The number of rotatable bonds is 6. The zero-order valence-corrected chi connectivity index (χ0v) is 15.5. The van der Waals surface area contributed by atoms with Crippen molar-refractivity contribution < 1.29 is 22.7 Å². The van der Waals surface area contributed by atoms with E-state index in [-0.39, 0.29) is 29.2 Å². The molecule has 29 heavy (non-hydrogen) atoms. The molecule has 0 spiro atoms. The quantitative estimate of drug-likeness (QED) is 0.429. The third kappa shape index (κ3) is 5.06. The van der Waals surface area contributed by atoms with Crippen molar-refractivity contribution in [2.24, 2.45) is 10.7 Å². The first kappa shape index (κ1) is 20.2. The van der Waals surface area contributed by atoms with Gasteiger partial charge in [-0.3, -0.25) is 15.1 Å². The maximum Gasteiger partial charge on any atom is 0.393 e. The van der Waals surface area contributed by atoms with Gasteiger partial charge in [-0.25, -0.2) is 4.98 Å². The number of alkyl halides is 3. The highest BCUT2D eigenvalue weighted by Crippen LogP contribution is 2.32. The predicted octanol–water partition coefficient (Wildman–Crippen LogP) is 2.22. The molecule has 0 unspecified atom stereocenters. The van der Waals surface area contributed by atoms with Crippen LogP contribution in [0, 0.1) is 0 Å². The number of nitrogens with zero attached hydrogens (tertiary/aromatic N) is 3. The van der Waals surface area contributed by atoms with Crippen LogP contribution in [0.3, 0.4) is 0 Å². The van der Waals surface area contributed by atoms with Crippen molar-refractivity contribution in [3.8, 4) is 5.75 Å². The molecule has 0 radical (unpaired) electrons. The Morgan fingerprint density at radius 2 is 2.21 bits per heavy atom. The van der Waals surface area contributed by atoms with Gasteiger partial charge in [0.2, 0.25) is 0 Å². The number of carbonyl (C=O) groups is 1. The lowest BCUT2D eigenvalue weighted by Gasteiger charge is -2.11. The molecule has 0 saturated heterocycles. The zero-order valence-electron chi connectivity index (χ0n) is 15.5. The van der Waals surface area contributed by atoms with Crippen LogP contribution in [0.25, 0.3) is 10.9 Å². The summed E-state index contributed by atoms with van der Waals surface area (Å²) < 4.78 is 46.4. The Morgan fingerprint density at radius 1 is 1.41 bits per heavy atom. The monoisotopic (exact) mass is 408 g/mol. The lowest BCUT2D eigenvalue weighted by Crippen LogP contribution is -2.36. The topological polar surface area (TPSA) is 110 Å². The second-order valence-corrected chi connectivity index (χ2v) is 6.20. The number of ether oxygens (including phenoxy) is 1. The van der Waals surface area contributed by atoms with E-state index < -0.39 is 18.5 Å². The van der Waals surface area contributed by atoms with Gasteiger partial charge in [0.25, 0.3) is 5.91 Å². The second-order valence-electron chi connectivity index (χ2n) is 6.20. The van der Waals surface area contributed by atoms with E-state index in [0.29, 0.717) is 17.8 Å². The first-order chi connectivity index (χ1) is 13.8. The minimum absolute atomic E-state index is 0.0295. The minimum Gasteiger partial charge on any atom is -0.490 e. The molecule has 0 saturated carbocycles. The number of halogens is 3. The summed E-state index contributed by atoms with van der Waals surface area (Å²) in [5.41, 5.74) is 5.86. The number of aromatic nitrogens is 3. The van der Waals surface area contributed by atoms with Crippen molar-refractivity contribution in [1.82, 2.24) is 19.9 Å². The van der Waals surface area contributed by atoms with Gasteiger partial charge in [-0.2, -0.15) is 13.2 Å². The fraction of sp³-hybridized carbons (Fsp3) is 0.278. The molecule has 0 aliphatic carbocycles. The molecule has 2 heterocycles. The van der Waals surface area contributed by atoms with Crippen molar-refractivity contribution in [3.05, 3.63) is 48.2 Å². The van der Waals surface area contributed by atoms with Crippen LogP contribution in [0.1, 0.15) is 16.1 Å². The average Bonchev–Trinajstić information content (AvgIpc) is 3.32. The van der Waals surface area contributed by atoms with Crippen LogP contribution in [-0.2, 0) is 13.0 Å². The number of fused-ring (bicyclic) bond motifs is 1. The van der Waals surface area contributed by atoms with E-state index in [1.54, 1.807) is 23.3 Å². The summed E-state index contributed by atoms with van der Waals surface area (Å²) in [4.78, 5) is 22.7. The first-order valence-electron chi connectivity index (χ1n) is 8.60. The van der Waals surface area contributed by atoms with Crippen LogP contribution in [0.15, 0.2) is 41.9 Å². The minimum atomic E-state index is -4.39. The number of guanidine groups is 1. The highest BCUT2D eigenvalue weighted by molar-refractivity contribution is 6.07. The van der Waals surface area contributed by atoms with Crippen molar-refractivity contribution in [2.45, 2.75) is 19.1 Å². The first-order valence-corrected chi connectivity index (χ1v) is 8.60. The maximum atomic E-state index is 13.0. The Bertz CT molecular complexity index is 1020. The number of hydrogen-bond acceptors (Lipinski definition) is 4. The lowest BCUT2D eigenvalue weighted by atomic mass is 10.1. The van der Waals surface area contributed by atoms with Gasteiger partial charge in [-0.1, -0.05) is 6.07 Å². The summed E-state index contributed by atoms with van der Waals surface area (Å²) in [5.74, 6) is -0.394. The molecule has 3 aromatic rings. The molecule has 0 atom stereocenters. The predicted molar refractivity (Wildman–Crippen MR) is 101 cm³/mol. The third-order valence-corrected chi connectivity index (χ3v) is 4.13. The van der Waals surface area contributed by atoms with E-state index in [1.807, 2.05) is 0 Å². The Morgan fingerprint density at radius 3 is 2.86 bits per heavy atom. The van der Waals surface area contributed by atoms with Crippen LogP contribution in [0.2, 0.25) is 0 Å². The summed E-state index contributed by atoms with van der Waals surface area (Å²) in [7, 11) is 1.40. The van der Waals surface area contributed by atoms with E-state index >= 15 is 0 Å². The highest BCUT2D eigenvalue weighted by atomic mass is 19.4. The largest absolute Gasteiger partial charge is 0.490 e. The van der Waals surface area contributed by atoms with E-state index in [2.05, 4.69) is 20.3 Å². The summed E-state index contributed by atoms with van der Waals surface area (Å²) in [6.45, 7) is 0.767. The maximum absolute atomic E-state index is 13.0. The van der Waals surface area contributed by atoms with Crippen LogP contribution < -0.4 is 15.8 Å². The third-order valence-electron chi connectivity index (χ3n) is 4.13. The number of benzene rings is 1. The average molecular weight is 408 g/mol. The van der Waals surface area contributed by atoms with Gasteiger partial charge in [0.05, 0.1) is 24.8 Å². The molecular weight excluding hydrogens is 389 g/mol. The van der Waals surface area contributed by atoms with Crippen molar-refractivity contribution >= 4 is 22.8 Å². The molecular formula is C18H19F3N6O2. The van der Waals surface area contributed by atoms with Gasteiger partial charge >= 0.3 is 6.18 Å². The fourth-order valence-corrected chi connectivity index (χ4v) is 2.78. The van der Waals surface area contributed by atoms with Gasteiger partial charge < -0.3 is 20.0 Å². The molecule has 0 aliphatic rings. The number of aliphatic imine (C=N–C) groups is 1. The van der Waals surface area contributed by atoms with Gasteiger partial charge in [-0.15, -0.1) is 0 Å². The number of aromatic amines is 1. The van der Waals surface area contributed by atoms with Gasteiger partial charge in [0, 0.05) is 24.8 Å². The van der Waals surface area contributed by atoms with Crippen molar-refractivity contribution in [2.75, 3.05) is 13.7 Å². The smallest absolute Gasteiger partial charge is 0.393 e. The number of imidazole rings is 1. The van der Waals surface area contributed by atoms with Crippen LogP contribution in [0.4, 0.5) is 13.2 Å². The number of nitrogens with two attached hydrogens (primary N) is 1. The van der Waals surface area contributed by atoms with Gasteiger partial charge in [0.1, 0.15) is 18.1 Å². The molecule has 4 N–H and O–H groups in total. The number of amides is 1. The number of carbonyl (C=O) groups excluding carboxylic acids is 1. The van der Waals surface area contributed by atoms with E-state index in [4.69, 9.17) is 10.5 Å². The van der Waals surface area contributed by atoms with E-state index in [9.17, 15) is 18.0 Å². The Kier molecular flexibility index (Phi) is 5.76. The standard InChI is InChI=1S/C18H19F3N6O2/c1-23-17(22)26-16(28)13-8-12-11(9-18(19,20)21)2-3-14(15(12)25-13)29-7-6-27-5-4-24-10-27/h2-5,8,10,25H,6-7,9H2,1H3,(H3,22,23,26,28). The Hall–Kier alpha value is -3.50. The molecule has 3 rings (SSSR count).